The number of hydrogen-bond acceptors (Lipinski definition) is 7. The second-order valence-electron chi connectivity index (χ2n) is 8.28. The van der Waals surface area contributed by atoms with Gasteiger partial charge in [-0.3, -0.25) is 19.2 Å². The average Bonchev–Trinajstić information content (AvgIpc) is 2.82. The van der Waals surface area contributed by atoms with Crippen molar-refractivity contribution in [3.63, 3.8) is 0 Å². The van der Waals surface area contributed by atoms with E-state index in [1.807, 2.05) is 36.4 Å². The van der Waals surface area contributed by atoms with Gasteiger partial charge in [0.2, 0.25) is 5.91 Å². The molecule has 0 aliphatic heterocycles. The number of aliphatic carboxylic acids is 1. The van der Waals surface area contributed by atoms with Gasteiger partial charge in [-0.05, 0) is 35.6 Å². The van der Waals surface area contributed by atoms with Crippen molar-refractivity contribution in [1.82, 2.24) is 5.32 Å². The van der Waals surface area contributed by atoms with Crippen molar-refractivity contribution in [2.45, 2.75) is 45.1 Å². The largest absolute Gasteiger partial charge is 0.480 e. The molecule has 0 heterocycles. The zero-order valence-electron chi connectivity index (χ0n) is 19.6. The highest BCUT2D eigenvalue weighted by molar-refractivity contribution is 5.84. The number of ether oxygens (including phenoxy) is 2. The van der Waals surface area contributed by atoms with Gasteiger partial charge in [0.15, 0.2) is 11.5 Å². The SMILES string of the molecule is CC(=O)Oc1ccc2c(c1OC(C)=O)CC(c1ccccc1)C=C2CNC(=O)CC[C@H](N)C(=O)O. The molecule has 2 aromatic carbocycles. The molecule has 1 amide bonds. The number of rotatable bonds is 9. The number of carbonyl (C=O) groups excluding carboxylic acids is 3. The van der Waals surface area contributed by atoms with Crippen molar-refractivity contribution in [2.24, 2.45) is 5.73 Å². The minimum absolute atomic E-state index is 0.0196. The van der Waals surface area contributed by atoms with Crippen LogP contribution in [0.25, 0.3) is 5.57 Å². The molecule has 1 unspecified atom stereocenters. The van der Waals surface area contributed by atoms with Gasteiger partial charge in [0.25, 0.3) is 0 Å². The van der Waals surface area contributed by atoms with Gasteiger partial charge >= 0.3 is 17.9 Å². The Morgan fingerprint density at radius 2 is 1.74 bits per heavy atom. The Balaban J connectivity index is 1.95. The minimum Gasteiger partial charge on any atom is -0.480 e. The van der Waals surface area contributed by atoms with Gasteiger partial charge in [-0.1, -0.05) is 42.5 Å². The number of allylic oxidation sites excluding steroid dienone is 1. The fourth-order valence-electron chi connectivity index (χ4n) is 3.97. The number of benzene rings is 2. The highest BCUT2D eigenvalue weighted by atomic mass is 16.6. The maximum Gasteiger partial charge on any atom is 0.320 e. The second-order valence-corrected chi connectivity index (χ2v) is 8.28. The van der Waals surface area contributed by atoms with E-state index in [-0.39, 0.29) is 42.7 Å². The van der Waals surface area contributed by atoms with E-state index in [4.69, 9.17) is 20.3 Å². The number of carbonyl (C=O) groups is 4. The Morgan fingerprint density at radius 1 is 1.06 bits per heavy atom. The first kappa shape index (κ1) is 25.6. The lowest BCUT2D eigenvalue weighted by atomic mass is 9.80. The zero-order chi connectivity index (χ0) is 25.5. The number of nitrogens with two attached hydrogens (primary N) is 1. The Labute approximate surface area is 202 Å². The van der Waals surface area contributed by atoms with E-state index in [2.05, 4.69) is 5.32 Å². The summed E-state index contributed by atoms with van der Waals surface area (Å²) in [6.45, 7) is 2.71. The zero-order valence-corrected chi connectivity index (χ0v) is 19.6. The van der Waals surface area contributed by atoms with Crippen molar-refractivity contribution >= 4 is 29.4 Å². The topological polar surface area (TPSA) is 145 Å². The van der Waals surface area contributed by atoms with Crippen LogP contribution < -0.4 is 20.5 Å². The molecule has 3 rings (SSSR count). The maximum atomic E-state index is 12.4. The first-order valence-electron chi connectivity index (χ1n) is 11.2. The number of carboxylic acids is 1. The second kappa shape index (κ2) is 11.4. The predicted octanol–water partition coefficient (Wildman–Crippen LogP) is 2.57. The molecule has 0 spiro atoms. The van der Waals surface area contributed by atoms with E-state index >= 15 is 0 Å². The average molecular weight is 481 g/mol. The van der Waals surface area contributed by atoms with E-state index in [0.717, 1.165) is 16.7 Å². The first-order chi connectivity index (χ1) is 16.7. The summed E-state index contributed by atoms with van der Waals surface area (Å²) in [6, 6.07) is 11.9. The maximum absolute atomic E-state index is 12.4. The summed E-state index contributed by atoms with van der Waals surface area (Å²) < 4.78 is 10.8. The summed E-state index contributed by atoms with van der Waals surface area (Å²) in [4.78, 5) is 46.7. The summed E-state index contributed by atoms with van der Waals surface area (Å²) in [5, 5.41) is 11.7. The molecule has 1 aliphatic rings. The molecular formula is C26H28N2O7. The summed E-state index contributed by atoms with van der Waals surface area (Å²) in [7, 11) is 0. The Kier molecular flexibility index (Phi) is 8.38. The van der Waals surface area contributed by atoms with E-state index in [1.165, 1.54) is 13.8 Å². The van der Waals surface area contributed by atoms with Gasteiger partial charge < -0.3 is 25.6 Å². The fraction of sp³-hybridized carbons (Fsp3) is 0.308. The molecule has 0 fully saturated rings. The molecule has 0 saturated carbocycles. The standard InChI is InChI=1S/C26H28N2O7/c1-15(29)34-23-10-8-20-19(14-28-24(31)11-9-22(27)26(32)33)12-18(17-6-4-3-5-7-17)13-21(20)25(23)35-16(2)30/h3-8,10,12,18,22H,9,11,13-14,27H2,1-2H3,(H,28,31)(H,32,33)/t18?,22-/m0/s1. The Morgan fingerprint density at radius 3 is 2.37 bits per heavy atom. The molecule has 4 N–H and O–H groups in total. The monoisotopic (exact) mass is 480 g/mol. The van der Waals surface area contributed by atoms with Crippen LogP contribution in [0.4, 0.5) is 0 Å². The van der Waals surface area contributed by atoms with Gasteiger partial charge in [0, 0.05) is 38.3 Å². The number of amides is 1. The van der Waals surface area contributed by atoms with Crippen LogP contribution in [-0.4, -0.2) is 41.5 Å². The normalized spacial score (nSPS) is 15.3. The number of carboxylic acid groups (broad SMARTS) is 1. The van der Waals surface area contributed by atoms with Crippen LogP contribution in [0.15, 0.2) is 48.5 Å². The van der Waals surface area contributed by atoms with Gasteiger partial charge in [-0.2, -0.15) is 0 Å². The third-order valence-electron chi connectivity index (χ3n) is 5.60. The van der Waals surface area contributed by atoms with Crippen LogP contribution in [0.2, 0.25) is 0 Å². The first-order valence-corrected chi connectivity index (χ1v) is 11.2. The Hall–Kier alpha value is -3.98. The fourth-order valence-corrected chi connectivity index (χ4v) is 3.97. The van der Waals surface area contributed by atoms with Crippen LogP contribution in [0, 0.1) is 0 Å². The molecule has 1 aliphatic carbocycles. The van der Waals surface area contributed by atoms with Gasteiger partial charge in [0.05, 0.1) is 0 Å². The van der Waals surface area contributed by atoms with Crippen molar-refractivity contribution < 1.29 is 33.8 Å². The van der Waals surface area contributed by atoms with E-state index in [1.54, 1.807) is 12.1 Å². The molecule has 2 aromatic rings. The lowest BCUT2D eigenvalue weighted by Gasteiger charge is -2.27. The number of fused-ring (bicyclic) bond motifs is 1. The number of esters is 2. The molecular weight excluding hydrogens is 452 g/mol. The van der Waals surface area contributed by atoms with Crippen LogP contribution in [0.1, 0.15) is 49.3 Å². The van der Waals surface area contributed by atoms with Crippen LogP contribution in [0.5, 0.6) is 11.5 Å². The van der Waals surface area contributed by atoms with Crippen LogP contribution >= 0.6 is 0 Å². The van der Waals surface area contributed by atoms with Crippen molar-refractivity contribution in [2.75, 3.05) is 6.54 Å². The molecule has 0 radical (unpaired) electrons. The molecule has 9 heteroatoms. The van der Waals surface area contributed by atoms with Crippen LogP contribution in [-0.2, 0) is 25.6 Å². The lowest BCUT2D eigenvalue weighted by molar-refractivity contribution is -0.139. The highest BCUT2D eigenvalue weighted by Crippen LogP contribution is 2.43. The van der Waals surface area contributed by atoms with Crippen molar-refractivity contribution in [1.29, 1.82) is 0 Å². The summed E-state index contributed by atoms with van der Waals surface area (Å²) in [6.07, 6.45) is 2.53. The number of hydrogen-bond donors (Lipinski definition) is 3. The molecule has 9 nitrogen and oxygen atoms in total. The van der Waals surface area contributed by atoms with Gasteiger partial charge in [-0.25, -0.2) is 0 Å². The molecule has 0 aromatic heterocycles. The number of nitrogens with one attached hydrogen (secondary N) is 1. The van der Waals surface area contributed by atoms with E-state index in [0.29, 0.717) is 12.0 Å². The summed E-state index contributed by atoms with van der Waals surface area (Å²) >= 11 is 0. The van der Waals surface area contributed by atoms with Crippen molar-refractivity contribution in [3.05, 3.63) is 65.2 Å². The minimum atomic E-state index is -1.16. The summed E-state index contributed by atoms with van der Waals surface area (Å²) in [5.41, 5.74) is 8.75. The third-order valence-corrected chi connectivity index (χ3v) is 5.60. The van der Waals surface area contributed by atoms with Crippen LogP contribution in [0.3, 0.4) is 0 Å². The summed E-state index contributed by atoms with van der Waals surface area (Å²) in [5.74, 6) is -2.35. The molecule has 0 saturated heterocycles. The molecule has 0 bridgehead atoms. The van der Waals surface area contributed by atoms with Gasteiger partial charge in [0.1, 0.15) is 6.04 Å². The highest BCUT2D eigenvalue weighted by Gasteiger charge is 2.28. The molecule has 2 atom stereocenters. The lowest BCUT2D eigenvalue weighted by Crippen LogP contribution is -2.33. The smallest absolute Gasteiger partial charge is 0.320 e. The third kappa shape index (κ3) is 6.77. The van der Waals surface area contributed by atoms with Gasteiger partial charge in [-0.15, -0.1) is 0 Å². The molecule has 184 valence electrons. The van der Waals surface area contributed by atoms with Crippen molar-refractivity contribution in [3.8, 4) is 11.5 Å². The predicted molar refractivity (Wildman–Crippen MR) is 128 cm³/mol. The quantitative estimate of drug-likeness (QED) is 0.367. The van der Waals surface area contributed by atoms with E-state index < -0.39 is 23.9 Å². The molecule has 35 heavy (non-hydrogen) atoms. The Bertz CT molecular complexity index is 1160. The van der Waals surface area contributed by atoms with E-state index in [9.17, 15) is 19.2 Å².